The van der Waals surface area contributed by atoms with Gasteiger partial charge in [-0.1, -0.05) is 24.3 Å². The Hall–Kier alpha value is -3.28. The maximum Gasteiger partial charge on any atom is 0.161 e. The van der Waals surface area contributed by atoms with E-state index in [1.54, 1.807) is 14.2 Å². The lowest BCUT2D eigenvalue weighted by Crippen LogP contribution is -2.13. The second kappa shape index (κ2) is 8.40. The summed E-state index contributed by atoms with van der Waals surface area (Å²) in [4.78, 5) is 11.1. The molecule has 0 bridgehead atoms. The summed E-state index contributed by atoms with van der Waals surface area (Å²) in [6, 6.07) is 17.9. The highest BCUT2D eigenvalue weighted by atomic mass is 16.5. The number of hydrogen-bond donors (Lipinski definition) is 1. The van der Waals surface area contributed by atoms with Crippen LogP contribution in [0.1, 0.15) is 11.4 Å². The number of aryl methyl sites for hydroxylation is 1. The molecular weight excluding hydrogens is 340 g/mol. The summed E-state index contributed by atoms with van der Waals surface area (Å²) in [6.07, 6.45) is 0. The van der Waals surface area contributed by atoms with E-state index in [4.69, 9.17) is 9.47 Å². The first kappa shape index (κ1) is 18.5. The smallest absolute Gasteiger partial charge is 0.161 e. The molecule has 0 aliphatic heterocycles. The molecule has 140 valence electrons. The van der Waals surface area contributed by atoms with E-state index < -0.39 is 0 Å². The van der Waals surface area contributed by atoms with Crippen LogP contribution in [-0.2, 0) is 6.54 Å². The standard InChI is InChI=1S/C21H24N4O2/c1-15-23-20(13-21(24-15)25(2)17-8-6-5-7-9-17)22-14-16-10-11-18(26-3)19(12-16)27-4/h5-13H,14H2,1-4H3,(H,22,23,24). The Balaban J connectivity index is 1.77. The molecule has 0 radical (unpaired) electrons. The molecule has 0 aliphatic rings. The van der Waals surface area contributed by atoms with Gasteiger partial charge in [0.05, 0.1) is 14.2 Å². The number of nitrogens with one attached hydrogen (secondary N) is 1. The van der Waals surface area contributed by atoms with Gasteiger partial charge >= 0.3 is 0 Å². The van der Waals surface area contributed by atoms with Crippen molar-refractivity contribution in [2.45, 2.75) is 13.5 Å². The number of ether oxygens (including phenoxy) is 2. The molecule has 0 amide bonds. The first-order valence-electron chi connectivity index (χ1n) is 8.70. The normalized spacial score (nSPS) is 10.4. The number of nitrogens with zero attached hydrogens (tertiary/aromatic N) is 3. The van der Waals surface area contributed by atoms with Crippen LogP contribution in [0, 0.1) is 6.92 Å². The molecule has 0 unspecified atom stereocenters. The Labute approximate surface area is 159 Å². The van der Waals surface area contributed by atoms with Crippen molar-refractivity contribution in [3.63, 3.8) is 0 Å². The van der Waals surface area contributed by atoms with Crippen molar-refractivity contribution in [1.82, 2.24) is 9.97 Å². The lowest BCUT2D eigenvalue weighted by Gasteiger charge is -2.19. The van der Waals surface area contributed by atoms with Gasteiger partial charge in [-0.15, -0.1) is 0 Å². The van der Waals surface area contributed by atoms with Gasteiger partial charge in [-0.2, -0.15) is 0 Å². The van der Waals surface area contributed by atoms with E-state index in [2.05, 4.69) is 15.3 Å². The summed E-state index contributed by atoms with van der Waals surface area (Å²) in [7, 11) is 5.26. The molecule has 27 heavy (non-hydrogen) atoms. The first-order chi connectivity index (χ1) is 13.1. The summed E-state index contributed by atoms with van der Waals surface area (Å²) in [5, 5.41) is 3.36. The average Bonchev–Trinajstić information content (AvgIpc) is 2.71. The number of methoxy groups -OCH3 is 2. The summed E-state index contributed by atoms with van der Waals surface area (Å²) in [6.45, 7) is 2.51. The minimum atomic E-state index is 0.616. The van der Waals surface area contributed by atoms with E-state index in [9.17, 15) is 0 Å². The van der Waals surface area contributed by atoms with E-state index in [0.29, 0.717) is 23.9 Å². The minimum Gasteiger partial charge on any atom is -0.493 e. The predicted molar refractivity (Wildman–Crippen MR) is 108 cm³/mol. The zero-order valence-electron chi connectivity index (χ0n) is 16.1. The molecule has 0 saturated carbocycles. The summed E-state index contributed by atoms with van der Waals surface area (Å²) in [5.74, 6) is 3.75. The zero-order chi connectivity index (χ0) is 19.2. The number of para-hydroxylation sites is 1. The SMILES string of the molecule is COc1ccc(CNc2cc(N(C)c3ccccc3)nc(C)n2)cc1OC. The molecular formula is C21H24N4O2. The fourth-order valence-electron chi connectivity index (χ4n) is 2.78. The lowest BCUT2D eigenvalue weighted by atomic mass is 10.2. The van der Waals surface area contributed by atoms with E-state index in [0.717, 1.165) is 22.9 Å². The van der Waals surface area contributed by atoms with E-state index in [1.165, 1.54) is 0 Å². The summed E-state index contributed by atoms with van der Waals surface area (Å²) in [5.41, 5.74) is 2.14. The van der Waals surface area contributed by atoms with Crippen molar-refractivity contribution in [1.29, 1.82) is 0 Å². The second-order valence-electron chi connectivity index (χ2n) is 6.10. The van der Waals surface area contributed by atoms with Crippen LogP contribution in [0.15, 0.2) is 54.6 Å². The topological polar surface area (TPSA) is 59.5 Å². The van der Waals surface area contributed by atoms with Crippen molar-refractivity contribution < 1.29 is 9.47 Å². The maximum atomic E-state index is 5.36. The van der Waals surface area contributed by atoms with Crippen LogP contribution in [0.4, 0.5) is 17.3 Å². The first-order valence-corrected chi connectivity index (χ1v) is 8.70. The van der Waals surface area contributed by atoms with Crippen molar-refractivity contribution in [2.75, 3.05) is 31.5 Å². The number of hydrogen-bond acceptors (Lipinski definition) is 6. The number of anilines is 3. The second-order valence-corrected chi connectivity index (χ2v) is 6.10. The molecule has 1 heterocycles. The maximum absolute atomic E-state index is 5.36. The van der Waals surface area contributed by atoms with Crippen LogP contribution in [0.25, 0.3) is 0 Å². The van der Waals surface area contributed by atoms with Crippen LogP contribution in [0.5, 0.6) is 11.5 Å². The van der Waals surface area contributed by atoms with Crippen molar-refractivity contribution in [3.8, 4) is 11.5 Å². The Morgan fingerprint density at radius 3 is 2.37 bits per heavy atom. The fraction of sp³-hybridized carbons (Fsp3) is 0.238. The van der Waals surface area contributed by atoms with Crippen molar-refractivity contribution in [3.05, 3.63) is 66.0 Å². The molecule has 6 nitrogen and oxygen atoms in total. The van der Waals surface area contributed by atoms with Crippen molar-refractivity contribution in [2.24, 2.45) is 0 Å². The molecule has 6 heteroatoms. The van der Waals surface area contributed by atoms with Crippen LogP contribution < -0.4 is 19.7 Å². The highest BCUT2D eigenvalue weighted by molar-refractivity contribution is 5.61. The number of aromatic nitrogens is 2. The third kappa shape index (κ3) is 4.47. The molecule has 0 fully saturated rings. The Morgan fingerprint density at radius 1 is 0.926 bits per heavy atom. The molecule has 0 atom stereocenters. The van der Waals surface area contributed by atoms with Gasteiger partial charge in [0.2, 0.25) is 0 Å². The van der Waals surface area contributed by atoms with Crippen LogP contribution in [0.2, 0.25) is 0 Å². The number of rotatable bonds is 7. The third-order valence-corrected chi connectivity index (χ3v) is 4.23. The molecule has 1 N–H and O–H groups in total. The van der Waals surface area contributed by atoms with Crippen molar-refractivity contribution >= 4 is 17.3 Å². The molecule has 3 rings (SSSR count). The molecule has 1 aromatic heterocycles. The molecule has 0 aliphatic carbocycles. The van der Waals surface area contributed by atoms with Crippen LogP contribution in [0.3, 0.4) is 0 Å². The third-order valence-electron chi connectivity index (χ3n) is 4.23. The largest absolute Gasteiger partial charge is 0.493 e. The van der Waals surface area contributed by atoms with E-state index in [1.807, 2.05) is 73.5 Å². The highest BCUT2D eigenvalue weighted by Gasteiger charge is 2.09. The minimum absolute atomic E-state index is 0.616. The molecule has 0 saturated heterocycles. The van der Waals surface area contributed by atoms with Gasteiger partial charge in [-0.3, -0.25) is 0 Å². The Bertz CT molecular complexity index is 900. The molecule has 3 aromatic rings. The van der Waals surface area contributed by atoms with Crippen LogP contribution in [-0.4, -0.2) is 31.2 Å². The highest BCUT2D eigenvalue weighted by Crippen LogP contribution is 2.28. The van der Waals surface area contributed by atoms with Gasteiger partial charge in [-0.25, -0.2) is 9.97 Å². The van der Waals surface area contributed by atoms with E-state index >= 15 is 0 Å². The zero-order valence-corrected chi connectivity index (χ0v) is 16.1. The van der Waals surface area contributed by atoms with Gasteiger partial charge in [0.15, 0.2) is 11.5 Å². The Morgan fingerprint density at radius 2 is 1.67 bits per heavy atom. The lowest BCUT2D eigenvalue weighted by molar-refractivity contribution is 0.354. The molecule has 2 aromatic carbocycles. The monoisotopic (exact) mass is 364 g/mol. The van der Waals surface area contributed by atoms with Gasteiger partial charge in [0.25, 0.3) is 0 Å². The van der Waals surface area contributed by atoms with Crippen LogP contribution >= 0.6 is 0 Å². The van der Waals surface area contributed by atoms with Gasteiger partial charge in [0.1, 0.15) is 17.5 Å². The van der Waals surface area contributed by atoms with Gasteiger partial charge in [0, 0.05) is 25.3 Å². The summed E-state index contributed by atoms with van der Waals surface area (Å²) < 4.78 is 10.6. The average molecular weight is 364 g/mol. The molecule has 0 spiro atoms. The quantitative estimate of drug-likeness (QED) is 0.679. The van der Waals surface area contributed by atoms with Gasteiger partial charge < -0.3 is 19.7 Å². The predicted octanol–water partition coefficient (Wildman–Crippen LogP) is 4.18. The Kier molecular flexibility index (Phi) is 5.76. The van der Waals surface area contributed by atoms with Gasteiger partial charge in [-0.05, 0) is 36.8 Å². The number of benzene rings is 2. The summed E-state index contributed by atoms with van der Waals surface area (Å²) >= 11 is 0. The van der Waals surface area contributed by atoms with E-state index in [-0.39, 0.29) is 0 Å². The fourth-order valence-corrected chi connectivity index (χ4v) is 2.78.